The Labute approximate surface area is 379 Å². The van der Waals surface area contributed by atoms with Gasteiger partial charge in [0.1, 0.15) is 13.2 Å². The highest BCUT2D eigenvalue weighted by atomic mass is 16.6. The van der Waals surface area contributed by atoms with Gasteiger partial charge in [0.15, 0.2) is 6.10 Å². The van der Waals surface area contributed by atoms with Crippen molar-refractivity contribution in [3.05, 3.63) is 24.3 Å². The molecule has 0 aliphatic rings. The zero-order valence-electron chi connectivity index (χ0n) is 40.9. The molecule has 6 nitrogen and oxygen atoms in total. The number of unbranched alkanes of at least 4 members (excludes halogenated alkanes) is 34. The number of hydrogen-bond donors (Lipinski definition) is 0. The Morgan fingerprint density at radius 3 is 0.836 bits per heavy atom. The molecule has 0 rings (SSSR count). The highest BCUT2D eigenvalue weighted by Gasteiger charge is 2.19. The van der Waals surface area contributed by atoms with Crippen LogP contribution in [0.3, 0.4) is 0 Å². The van der Waals surface area contributed by atoms with Crippen molar-refractivity contribution >= 4 is 17.9 Å². The van der Waals surface area contributed by atoms with Crippen LogP contribution in [-0.2, 0) is 28.6 Å². The van der Waals surface area contributed by atoms with Crippen molar-refractivity contribution in [3.63, 3.8) is 0 Å². The van der Waals surface area contributed by atoms with E-state index in [0.29, 0.717) is 19.3 Å². The second kappa shape index (κ2) is 50.5. The first kappa shape index (κ1) is 58.9. The molecule has 1 atom stereocenters. The quantitative estimate of drug-likeness (QED) is 0.0262. The predicted octanol–water partition coefficient (Wildman–Crippen LogP) is 17.5. The zero-order valence-corrected chi connectivity index (χ0v) is 40.9. The molecule has 0 saturated heterocycles. The molecule has 0 aromatic heterocycles. The minimum Gasteiger partial charge on any atom is -0.462 e. The minimum absolute atomic E-state index is 0.0720. The summed E-state index contributed by atoms with van der Waals surface area (Å²) in [6, 6.07) is 0. The van der Waals surface area contributed by atoms with E-state index in [2.05, 4.69) is 45.1 Å². The molecule has 0 aromatic carbocycles. The van der Waals surface area contributed by atoms with Crippen LogP contribution in [-0.4, -0.2) is 37.2 Å². The summed E-state index contributed by atoms with van der Waals surface area (Å²) < 4.78 is 16.8. The van der Waals surface area contributed by atoms with Crippen molar-refractivity contribution in [2.24, 2.45) is 0 Å². The number of ether oxygens (including phenoxy) is 3. The Bertz CT molecular complexity index is 989. The third kappa shape index (κ3) is 48.8. The van der Waals surface area contributed by atoms with Crippen LogP contribution in [0.1, 0.15) is 290 Å². The average Bonchev–Trinajstić information content (AvgIpc) is 3.26. The molecule has 0 unspecified atom stereocenters. The van der Waals surface area contributed by atoms with E-state index < -0.39 is 6.10 Å². The SMILES string of the molecule is CCCCCC/C=C\CCCCCCCCCC(=O)OC[C@H](COC(=O)CCCCCCCCCCCCCCCCC)OC(=O)CCCCCCC/C=C\CCCCCC. The lowest BCUT2D eigenvalue weighted by Crippen LogP contribution is -2.30. The van der Waals surface area contributed by atoms with Crippen LogP contribution in [0.5, 0.6) is 0 Å². The number of carbonyl (C=O) groups is 3. The Balaban J connectivity index is 4.34. The van der Waals surface area contributed by atoms with E-state index in [4.69, 9.17) is 14.2 Å². The van der Waals surface area contributed by atoms with Crippen LogP contribution in [0.4, 0.5) is 0 Å². The molecular weight excluding hydrogens is 757 g/mol. The lowest BCUT2D eigenvalue weighted by molar-refractivity contribution is -0.167. The first-order valence-corrected chi connectivity index (χ1v) is 26.8. The smallest absolute Gasteiger partial charge is 0.306 e. The molecule has 61 heavy (non-hydrogen) atoms. The Kier molecular flexibility index (Phi) is 48.8. The first-order valence-electron chi connectivity index (χ1n) is 26.8. The topological polar surface area (TPSA) is 78.9 Å². The van der Waals surface area contributed by atoms with Gasteiger partial charge < -0.3 is 14.2 Å². The van der Waals surface area contributed by atoms with E-state index in [-0.39, 0.29) is 31.1 Å². The third-order valence-electron chi connectivity index (χ3n) is 11.9. The van der Waals surface area contributed by atoms with Gasteiger partial charge in [-0.3, -0.25) is 14.4 Å². The summed E-state index contributed by atoms with van der Waals surface area (Å²) in [6.45, 7) is 6.63. The van der Waals surface area contributed by atoms with Crippen molar-refractivity contribution in [1.82, 2.24) is 0 Å². The summed E-state index contributed by atoms with van der Waals surface area (Å²) in [6.07, 6.45) is 57.3. The lowest BCUT2D eigenvalue weighted by Gasteiger charge is -2.18. The molecule has 0 aliphatic heterocycles. The largest absolute Gasteiger partial charge is 0.462 e. The van der Waals surface area contributed by atoms with Gasteiger partial charge in [-0.1, -0.05) is 225 Å². The van der Waals surface area contributed by atoms with Crippen molar-refractivity contribution in [1.29, 1.82) is 0 Å². The highest BCUT2D eigenvalue weighted by Crippen LogP contribution is 2.16. The van der Waals surface area contributed by atoms with Gasteiger partial charge in [0.25, 0.3) is 0 Å². The number of allylic oxidation sites excluding steroid dienone is 4. The van der Waals surface area contributed by atoms with Crippen LogP contribution < -0.4 is 0 Å². The molecule has 0 heterocycles. The van der Waals surface area contributed by atoms with E-state index in [9.17, 15) is 14.4 Å². The second-order valence-electron chi connectivity index (χ2n) is 18.1. The molecule has 0 bridgehead atoms. The summed E-state index contributed by atoms with van der Waals surface area (Å²) in [7, 11) is 0. The van der Waals surface area contributed by atoms with Crippen molar-refractivity contribution < 1.29 is 28.6 Å². The van der Waals surface area contributed by atoms with E-state index in [1.54, 1.807) is 0 Å². The summed E-state index contributed by atoms with van der Waals surface area (Å²) in [5.41, 5.74) is 0. The number of hydrogen-bond acceptors (Lipinski definition) is 6. The summed E-state index contributed by atoms with van der Waals surface area (Å²) >= 11 is 0. The molecule has 0 radical (unpaired) electrons. The standard InChI is InChI=1S/C55H102O6/c1-4-7-10-13-16-19-22-25-27-30-32-35-38-41-44-47-53(56)59-50-52(61-55(58)49-46-43-40-37-34-29-24-21-18-15-12-9-6-3)51-60-54(57)48-45-42-39-36-33-31-28-26-23-20-17-14-11-8-5-2/h19,21-22,24,52H,4-18,20,23,25-51H2,1-3H3/b22-19-,24-21-/t52-/m1/s1. The molecule has 0 saturated carbocycles. The summed E-state index contributed by atoms with van der Waals surface area (Å²) in [5, 5.41) is 0. The molecule has 0 fully saturated rings. The van der Waals surface area contributed by atoms with Crippen LogP contribution in [0, 0.1) is 0 Å². The van der Waals surface area contributed by atoms with Crippen molar-refractivity contribution in [2.75, 3.05) is 13.2 Å². The number of carbonyl (C=O) groups excluding carboxylic acids is 3. The molecule has 358 valence electrons. The van der Waals surface area contributed by atoms with E-state index in [0.717, 1.165) is 64.2 Å². The van der Waals surface area contributed by atoms with Crippen molar-refractivity contribution in [3.8, 4) is 0 Å². The van der Waals surface area contributed by atoms with Gasteiger partial charge >= 0.3 is 17.9 Å². The molecule has 6 heteroatoms. The van der Waals surface area contributed by atoms with E-state index in [1.807, 2.05) is 0 Å². The van der Waals surface area contributed by atoms with E-state index >= 15 is 0 Å². The van der Waals surface area contributed by atoms with Crippen LogP contribution in [0.2, 0.25) is 0 Å². The third-order valence-corrected chi connectivity index (χ3v) is 11.9. The Hall–Kier alpha value is -2.11. The Morgan fingerprint density at radius 2 is 0.541 bits per heavy atom. The fraction of sp³-hybridized carbons (Fsp3) is 0.873. The summed E-state index contributed by atoms with van der Waals surface area (Å²) in [5.74, 6) is -0.871. The fourth-order valence-corrected chi connectivity index (χ4v) is 7.84. The fourth-order valence-electron chi connectivity index (χ4n) is 7.84. The zero-order chi connectivity index (χ0) is 44.4. The molecule has 0 amide bonds. The maximum atomic E-state index is 12.8. The van der Waals surface area contributed by atoms with Gasteiger partial charge in [0, 0.05) is 19.3 Å². The predicted molar refractivity (Wildman–Crippen MR) is 261 cm³/mol. The normalized spacial score (nSPS) is 12.1. The number of esters is 3. The van der Waals surface area contributed by atoms with Crippen LogP contribution in [0.25, 0.3) is 0 Å². The van der Waals surface area contributed by atoms with Gasteiger partial charge in [-0.05, 0) is 70.6 Å². The van der Waals surface area contributed by atoms with Gasteiger partial charge in [-0.15, -0.1) is 0 Å². The lowest BCUT2D eigenvalue weighted by atomic mass is 10.0. The molecule has 0 N–H and O–H groups in total. The molecule has 0 aliphatic carbocycles. The highest BCUT2D eigenvalue weighted by molar-refractivity contribution is 5.71. The average molecular weight is 859 g/mol. The van der Waals surface area contributed by atoms with Gasteiger partial charge in [-0.2, -0.15) is 0 Å². The first-order chi connectivity index (χ1) is 30.0. The molecule has 0 spiro atoms. The van der Waals surface area contributed by atoms with Gasteiger partial charge in [-0.25, -0.2) is 0 Å². The van der Waals surface area contributed by atoms with Gasteiger partial charge in [0.05, 0.1) is 0 Å². The number of rotatable bonds is 49. The minimum atomic E-state index is -0.772. The van der Waals surface area contributed by atoms with Gasteiger partial charge in [0.2, 0.25) is 0 Å². The second-order valence-corrected chi connectivity index (χ2v) is 18.1. The van der Waals surface area contributed by atoms with Crippen molar-refractivity contribution in [2.45, 2.75) is 297 Å². The molecular formula is C55H102O6. The summed E-state index contributed by atoms with van der Waals surface area (Å²) in [4.78, 5) is 38.0. The maximum Gasteiger partial charge on any atom is 0.306 e. The van der Waals surface area contributed by atoms with Crippen LogP contribution in [0.15, 0.2) is 24.3 Å². The Morgan fingerprint density at radius 1 is 0.311 bits per heavy atom. The van der Waals surface area contributed by atoms with Crippen LogP contribution >= 0.6 is 0 Å². The maximum absolute atomic E-state index is 12.8. The monoisotopic (exact) mass is 859 g/mol. The molecule has 0 aromatic rings. The van der Waals surface area contributed by atoms with E-state index in [1.165, 1.54) is 186 Å².